The van der Waals surface area contributed by atoms with Gasteiger partial charge in [0.1, 0.15) is 0 Å². The monoisotopic (exact) mass is 356 g/mol. The summed E-state index contributed by atoms with van der Waals surface area (Å²) in [6, 6.07) is 6.78. The van der Waals surface area contributed by atoms with E-state index in [9.17, 15) is 0 Å². The molecule has 1 N–H and O–H groups in total. The molecule has 18 heavy (non-hydrogen) atoms. The van der Waals surface area contributed by atoms with Crippen molar-refractivity contribution in [3.8, 4) is 0 Å². The lowest BCUT2D eigenvalue weighted by atomic mass is 9.78. The Morgan fingerprint density at radius 3 is 2.72 bits per heavy atom. The molecule has 0 bridgehead atoms. The molecule has 98 valence electrons. The summed E-state index contributed by atoms with van der Waals surface area (Å²) < 4.78 is 1.31. The summed E-state index contributed by atoms with van der Waals surface area (Å²) in [5.74, 6) is 0. The van der Waals surface area contributed by atoms with E-state index in [2.05, 4.69) is 58.1 Å². The van der Waals surface area contributed by atoms with Gasteiger partial charge in [-0.1, -0.05) is 19.3 Å². The van der Waals surface area contributed by atoms with Crippen LogP contribution in [-0.2, 0) is 0 Å². The van der Waals surface area contributed by atoms with Crippen molar-refractivity contribution in [2.24, 2.45) is 0 Å². The number of benzene rings is 1. The average molecular weight is 356 g/mol. The number of halogens is 1. The first-order valence-corrected chi connectivity index (χ1v) is 8.06. The lowest BCUT2D eigenvalue weighted by Gasteiger charge is -2.45. The van der Waals surface area contributed by atoms with Gasteiger partial charge in [0, 0.05) is 22.7 Å². The molecule has 2 aliphatic rings. The average Bonchev–Trinajstić information content (AvgIpc) is 2.50. The van der Waals surface area contributed by atoms with Crippen LogP contribution in [-0.4, -0.2) is 19.1 Å². The Morgan fingerprint density at radius 2 is 1.94 bits per heavy atom. The van der Waals surface area contributed by atoms with Crippen molar-refractivity contribution in [1.82, 2.24) is 0 Å². The van der Waals surface area contributed by atoms with E-state index in [-0.39, 0.29) is 0 Å². The number of hydrogen-bond acceptors (Lipinski definition) is 2. The van der Waals surface area contributed by atoms with Crippen LogP contribution >= 0.6 is 22.6 Å². The second-order valence-electron chi connectivity index (χ2n) is 5.68. The fraction of sp³-hybridized carbons (Fsp3) is 0.600. The second kappa shape index (κ2) is 4.91. The van der Waals surface area contributed by atoms with Crippen LogP contribution in [0.4, 0.5) is 11.4 Å². The first-order valence-electron chi connectivity index (χ1n) is 6.99. The molecule has 1 fully saturated rings. The summed E-state index contributed by atoms with van der Waals surface area (Å²) >= 11 is 2.39. The zero-order valence-corrected chi connectivity index (χ0v) is 13.2. The number of nitrogens with one attached hydrogen (secondary N) is 1. The Bertz CT molecular complexity index is 438. The smallest absolute Gasteiger partial charge is 0.0604 e. The van der Waals surface area contributed by atoms with Crippen molar-refractivity contribution in [1.29, 1.82) is 0 Å². The van der Waals surface area contributed by atoms with Gasteiger partial charge < -0.3 is 10.2 Å². The summed E-state index contributed by atoms with van der Waals surface area (Å²) in [7, 11) is 2.30. The Kier molecular flexibility index (Phi) is 3.43. The highest BCUT2D eigenvalue weighted by Gasteiger charge is 2.37. The summed E-state index contributed by atoms with van der Waals surface area (Å²) in [4.78, 5) is 2.57. The molecule has 0 unspecified atom stereocenters. The van der Waals surface area contributed by atoms with E-state index < -0.39 is 0 Å². The van der Waals surface area contributed by atoms with Crippen LogP contribution < -0.4 is 10.2 Å². The molecule has 0 radical (unpaired) electrons. The molecular formula is C15H21IN2. The third-order valence-electron chi connectivity index (χ3n) is 4.72. The van der Waals surface area contributed by atoms with Gasteiger partial charge in [0.05, 0.1) is 11.4 Å². The molecule has 0 amide bonds. The SMILES string of the molecule is CN1c2ccc(I)cc2NCCC12CCCCC2. The summed E-state index contributed by atoms with van der Waals surface area (Å²) in [5.41, 5.74) is 3.10. The van der Waals surface area contributed by atoms with Crippen molar-refractivity contribution >= 4 is 34.0 Å². The van der Waals surface area contributed by atoms with Crippen molar-refractivity contribution in [3.05, 3.63) is 21.8 Å². The van der Waals surface area contributed by atoms with E-state index in [4.69, 9.17) is 0 Å². The second-order valence-corrected chi connectivity index (χ2v) is 6.93. The lowest BCUT2D eigenvalue weighted by molar-refractivity contribution is 0.274. The molecule has 1 aromatic carbocycles. The fourth-order valence-corrected chi connectivity index (χ4v) is 4.08. The number of anilines is 2. The number of hydrogen-bond donors (Lipinski definition) is 1. The minimum Gasteiger partial charge on any atom is -0.383 e. The van der Waals surface area contributed by atoms with Crippen molar-refractivity contribution < 1.29 is 0 Å². The molecule has 3 rings (SSSR count). The van der Waals surface area contributed by atoms with Gasteiger partial charge in [-0.2, -0.15) is 0 Å². The maximum Gasteiger partial charge on any atom is 0.0604 e. The molecule has 0 aromatic heterocycles. The summed E-state index contributed by atoms with van der Waals surface area (Å²) in [5, 5.41) is 3.62. The molecule has 1 spiro atoms. The highest BCUT2D eigenvalue weighted by molar-refractivity contribution is 14.1. The van der Waals surface area contributed by atoms with E-state index in [1.54, 1.807) is 0 Å². The van der Waals surface area contributed by atoms with Gasteiger partial charge in [-0.25, -0.2) is 0 Å². The van der Waals surface area contributed by atoms with Crippen LogP contribution in [0.1, 0.15) is 38.5 Å². The zero-order valence-electron chi connectivity index (χ0n) is 11.0. The Labute approximate surface area is 123 Å². The lowest BCUT2D eigenvalue weighted by Crippen LogP contribution is -2.48. The van der Waals surface area contributed by atoms with E-state index >= 15 is 0 Å². The standard InChI is InChI=1S/C15H21IN2/c1-18-14-6-5-12(16)11-13(14)17-10-9-15(18)7-3-2-4-8-15/h5-6,11,17H,2-4,7-10H2,1H3. The van der Waals surface area contributed by atoms with Crippen LogP contribution in [0.25, 0.3) is 0 Å². The number of rotatable bonds is 0. The van der Waals surface area contributed by atoms with E-state index in [0.717, 1.165) is 6.54 Å². The highest BCUT2D eigenvalue weighted by atomic mass is 127. The van der Waals surface area contributed by atoms with Gasteiger partial charge in [0.15, 0.2) is 0 Å². The van der Waals surface area contributed by atoms with Crippen LogP contribution in [0.3, 0.4) is 0 Å². The van der Waals surface area contributed by atoms with E-state index in [1.807, 2.05) is 0 Å². The molecule has 1 saturated carbocycles. The van der Waals surface area contributed by atoms with E-state index in [0.29, 0.717) is 5.54 Å². The van der Waals surface area contributed by atoms with Gasteiger partial charge in [-0.3, -0.25) is 0 Å². The predicted octanol–water partition coefficient (Wildman–Crippen LogP) is 4.25. The summed E-state index contributed by atoms with van der Waals surface area (Å²) in [6.45, 7) is 1.11. The minimum atomic E-state index is 0.406. The first kappa shape index (κ1) is 12.6. The normalized spacial score (nSPS) is 22.2. The van der Waals surface area contributed by atoms with Gasteiger partial charge in [-0.05, 0) is 60.1 Å². The molecule has 1 aromatic rings. The highest BCUT2D eigenvalue weighted by Crippen LogP contribution is 2.42. The quantitative estimate of drug-likeness (QED) is 0.700. The Balaban J connectivity index is 1.99. The van der Waals surface area contributed by atoms with Gasteiger partial charge in [0.25, 0.3) is 0 Å². The molecule has 3 heteroatoms. The number of nitrogens with zero attached hydrogens (tertiary/aromatic N) is 1. The fourth-order valence-electron chi connectivity index (χ4n) is 3.59. The molecule has 2 nitrogen and oxygen atoms in total. The molecule has 1 aliphatic carbocycles. The minimum absolute atomic E-state index is 0.406. The molecule has 0 saturated heterocycles. The maximum absolute atomic E-state index is 3.62. The molecule has 0 atom stereocenters. The molecule has 1 aliphatic heterocycles. The maximum atomic E-state index is 3.62. The van der Waals surface area contributed by atoms with Gasteiger partial charge >= 0.3 is 0 Å². The largest absolute Gasteiger partial charge is 0.383 e. The summed E-state index contributed by atoms with van der Waals surface area (Å²) in [6.07, 6.45) is 8.19. The Morgan fingerprint density at radius 1 is 1.17 bits per heavy atom. The van der Waals surface area contributed by atoms with E-state index in [1.165, 1.54) is 53.5 Å². The predicted molar refractivity (Wildman–Crippen MR) is 86.5 cm³/mol. The van der Waals surface area contributed by atoms with Crippen molar-refractivity contribution in [2.45, 2.75) is 44.1 Å². The van der Waals surface area contributed by atoms with Crippen LogP contribution in [0.5, 0.6) is 0 Å². The van der Waals surface area contributed by atoms with Crippen molar-refractivity contribution in [2.75, 3.05) is 23.8 Å². The third kappa shape index (κ3) is 2.10. The van der Waals surface area contributed by atoms with Crippen LogP contribution in [0.2, 0.25) is 0 Å². The number of fused-ring (bicyclic) bond motifs is 1. The van der Waals surface area contributed by atoms with Gasteiger partial charge in [0.2, 0.25) is 0 Å². The van der Waals surface area contributed by atoms with Crippen LogP contribution in [0, 0.1) is 3.57 Å². The third-order valence-corrected chi connectivity index (χ3v) is 5.39. The first-order chi connectivity index (χ1) is 8.71. The molecular weight excluding hydrogens is 335 g/mol. The topological polar surface area (TPSA) is 15.3 Å². The van der Waals surface area contributed by atoms with Crippen LogP contribution in [0.15, 0.2) is 18.2 Å². The Hall–Kier alpha value is -0.450. The molecule has 1 heterocycles. The van der Waals surface area contributed by atoms with Gasteiger partial charge in [-0.15, -0.1) is 0 Å². The van der Waals surface area contributed by atoms with Crippen molar-refractivity contribution in [3.63, 3.8) is 0 Å². The zero-order chi connectivity index (χ0) is 12.6.